The van der Waals surface area contributed by atoms with Crippen LogP contribution < -0.4 is 4.72 Å². The Hall–Kier alpha value is -0.140. The summed E-state index contributed by atoms with van der Waals surface area (Å²) in [4.78, 5) is 13.7. The van der Waals surface area contributed by atoms with E-state index in [0.29, 0.717) is 13.1 Å². The molecule has 0 saturated carbocycles. The molecule has 1 rings (SSSR count). The summed E-state index contributed by atoms with van der Waals surface area (Å²) in [7, 11) is -3.14. The lowest BCUT2D eigenvalue weighted by atomic mass is 9.98. The molecule has 0 aromatic carbocycles. The lowest BCUT2D eigenvalue weighted by molar-refractivity contribution is -0.132. The van der Waals surface area contributed by atoms with Crippen LogP contribution in [0.5, 0.6) is 0 Å². The number of amides is 1. The molecule has 1 amide bonds. The minimum absolute atomic E-state index is 0.113. The highest BCUT2D eigenvalue weighted by Crippen LogP contribution is 2.19. The molecule has 0 spiro atoms. The minimum atomic E-state index is -3.14. The number of halogens is 1. The van der Waals surface area contributed by atoms with Gasteiger partial charge in [0.1, 0.15) is 0 Å². The molecule has 2 atom stereocenters. The Labute approximate surface area is 117 Å². The van der Waals surface area contributed by atoms with Gasteiger partial charge in [-0.05, 0) is 25.2 Å². The lowest BCUT2D eigenvalue weighted by Gasteiger charge is -2.33. The summed E-state index contributed by atoms with van der Waals surface area (Å²) in [6, 6.07) is 0. The van der Waals surface area contributed by atoms with Crippen LogP contribution in [0.2, 0.25) is 0 Å². The smallest absolute Gasteiger partial charge is 0.236 e. The maximum atomic E-state index is 12.0. The number of carbonyl (C=O) groups excluding carboxylic acids is 1. The quantitative estimate of drug-likeness (QED) is 0.757. The van der Waals surface area contributed by atoms with E-state index in [-0.39, 0.29) is 16.7 Å². The number of hydrogen-bond acceptors (Lipinski definition) is 3. The predicted molar refractivity (Wildman–Crippen MR) is 75.2 cm³/mol. The topological polar surface area (TPSA) is 66.5 Å². The van der Waals surface area contributed by atoms with Gasteiger partial charge in [-0.3, -0.25) is 4.79 Å². The summed E-state index contributed by atoms with van der Waals surface area (Å²) in [5, 5.41) is 0. The number of hydrogen-bond donors (Lipinski definition) is 1. The molecule has 1 fully saturated rings. The summed E-state index contributed by atoms with van der Waals surface area (Å²) in [5.41, 5.74) is 0. The van der Waals surface area contributed by atoms with Crippen LogP contribution in [0.15, 0.2) is 0 Å². The molecular formula is C11H21BrN2O3S. The Morgan fingerprint density at radius 2 is 2.22 bits per heavy atom. The van der Waals surface area contributed by atoms with Crippen molar-refractivity contribution in [2.45, 2.75) is 31.0 Å². The first-order valence-corrected chi connectivity index (χ1v) is 9.01. The van der Waals surface area contributed by atoms with E-state index >= 15 is 0 Å². The standard InChI is InChI=1S/C11H21BrN2O3S/c1-3-10(12)11(15)14-6-4-5-9(8-14)7-13-18(2,16)17/h9-10,13H,3-8H2,1-2H3. The number of rotatable bonds is 5. The summed E-state index contributed by atoms with van der Waals surface area (Å²) in [5.74, 6) is 0.329. The molecule has 18 heavy (non-hydrogen) atoms. The molecule has 5 nitrogen and oxygen atoms in total. The Kier molecular flexibility index (Phi) is 6.07. The summed E-state index contributed by atoms with van der Waals surface area (Å²) >= 11 is 3.37. The second-order valence-electron chi connectivity index (χ2n) is 4.79. The third-order valence-electron chi connectivity index (χ3n) is 3.09. The van der Waals surface area contributed by atoms with Crippen LogP contribution in [0.4, 0.5) is 0 Å². The number of carbonyl (C=O) groups is 1. The van der Waals surface area contributed by atoms with Gasteiger partial charge < -0.3 is 4.90 Å². The third-order valence-corrected chi connectivity index (χ3v) is 4.82. The normalized spacial score (nSPS) is 22.8. The van der Waals surface area contributed by atoms with Crippen molar-refractivity contribution in [3.63, 3.8) is 0 Å². The molecule has 1 aliphatic rings. The van der Waals surface area contributed by atoms with Crippen LogP contribution >= 0.6 is 15.9 Å². The maximum absolute atomic E-state index is 12.0. The van der Waals surface area contributed by atoms with Crippen LogP contribution in [0.25, 0.3) is 0 Å². The SMILES string of the molecule is CCC(Br)C(=O)N1CCCC(CNS(C)(=O)=O)C1. The van der Waals surface area contributed by atoms with E-state index in [1.807, 2.05) is 11.8 Å². The molecule has 1 aliphatic heterocycles. The molecule has 0 aromatic heterocycles. The van der Waals surface area contributed by atoms with E-state index in [1.165, 1.54) is 0 Å². The second kappa shape index (κ2) is 6.86. The maximum Gasteiger partial charge on any atom is 0.236 e. The fourth-order valence-electron chi connectivity index (χ4n) is 2.07. The number of piperidine rings is 1. The summed E-state index contributed by atoms with van der Waals surface area (Å²) < 4.78 is 24.6. The summed E-state index contributed by atoms with van der Waals surface area (Å²) in [6.45, 7) is 3.80. The molecule has 0 bridgehead atoms. The zero-order valence-corrected chi connectivity index (χ0v) is 13.3. The number of likely N-dealkylation sites (tertiary alicyclic amines) is 1. The number of alkyl halides is 1. The van der Waals surface area contributed by atoms with Crippen molar-refractivity contribution in [2.75, 3.05) is 25.9 Å². The van der Waals surface area contributed by atoms with Gasteiger partial charge in [0.05, 0.1) is 11.1 Å². The molecule has 1 N–H and O–H groups in total. The molecule has 7 heteroatoms. The van der Waals surface area contributed by atoms with E-state index in [4.69, 9.17) is 0 Å². The van der Waals surface area contributed by atoms with E-state index in [0.717, 1.165) is 32.1 Å². The molecule has 1 heterocycles. The van der Waals surface area contributed by atoms with Gasteiger partial charge in [-0.15, -0.1) is 0 Å². The van der Waals surface area contributed by atoms with Gasteiger partial charge in [0.25, 0.3) is 0 Å². The molecule has 0 radical (unpaired) electrons. The van der Waals surface area contributed by atoms with Gasteiger partial charge in [-0.25, -0.2) is 13.1 Å². The molecule has 0 aliphatic carbocycles. The first kappa shape index (κ1) is 15.9. The Morgan fingerprint density at radius 1 is 1.56 bits per heavy atom. The Balaban J connectivity index is 2.48. The molecule has 106 valence electrons. The Morgan fingerprint density at radius 3 is 2.78 bits per heavy atom. The van der Waals surface area contributed by atoms with Crippen LogP contribution in [-0.4, -0.2) is 49.9 Å². The first-order valence-electron chi connectivity index (χ1n) is 6.21. The van der Waals surface area contributed by atoms with Gasteiger partial charge in [0.2, 0.25) is 15.9 Å². The van der Waals surface area contributed by atoms with Gasteiger partial charge in [0, 0.05) is 19.6 Å². The van der Waals surface area contributed by atoms with Gasteiger partial charge in [-0.1, -0.05) is 22.9 Å². The molecular weight excluding hydrogens is 320 g/mol. The second-order valence-corrected chi connectivity index (χ2v) is 7.73. The van der Waals surface area contributed by atoms with Crippen molar-refractivity contribution in [1.29, 1.82) is 0 Å². The van der Waals surface area contributed by atoms with Crippen molar-refractivity contribution in [1.82, 2.24) is 9.62 Å². The fraction of sp³-hybridized carbons (Fsp3) is 0.909. The largest absolute Gasteiger partial charge is 0.341 e. The van der Waals surface area contributed by atoms with E-state index < -0.39 is 10.0 Å². The van der Waals surface area contributed by atoms with Crippen LogP contribution in [0.3, 0.4) is 0 Å². The lowest BCUT2D eigenvalue weighted by Crippen LogP contribution is -2.46. The van der Waals surface area contributed by atoms with E-state index in [1.54, 1.807) is 0 Å². The third kappa shape index (κ3) is 5.24. The molecule has 0 aromatic rings. The van der Waals surface area contributed by atoms with E-state index in [2.05, 4.69) is 20.7 Å². The monoisotopic (exact) mass is 340 g/mol. The first-order chi connectivity index (χ1) is 8.33. The number of nitrogens with one attached hydrogen (secondary N) is 1. The zero-order chi connectivity index (χ0) is 13.8. The number of sulfonamides is 1. The van der Waals surface area contributed by atoms with Crippen molar-refractivity contribution in [2.24, 2.45) is 5.92 Å². The molecule has 1 saturated heterocycles. The average molecular weight is 341 g/mol. The highest BCUT2D eigenvalue weighted by molar-refractivity contribution is 9.10. The predicted octanol–water partition coefficient (Wildman–Crippen LogP) is 0.948. The van der Waals surface area contributed by atoms with Crippen LogP contribution in [-0.2, 0) is 14.8 Å². The van der Waals surface area contributed by atoms with E-state index in [9.17, 15) is 13.2 Å². The molecule has 2 unspecified atom stereocenters. The van der Waals surface area contributed by atoms with Crippen LogP contribution in [0.1, 0.15) is 26.2 Å². The Bertz CT molecular complexity index is 386. The zero-order valence-electron chi connectivity index (χ0n) is 10.9. The van der Waals surface area contributed by atoms with Crippen molar-refractivity contribution in [3.05, 3.63) is 0 Å². The van der Waals surface area contributed by atoms with Crippen LogP contribution in [0, 0.1) is 5.92 Å². The van der Waals surface area contributed by atoms with Gasteiger partial charge in [0.15, 0.2) is 0 Å². The fourth-order valence-corrected chi connectivity index (χ4v) is 2.90. The summed E-state index contributed by atoms with van der Waals surface area (Å²) in [6.07, 6.45) is 3.82. The average Bonchev–Trinajstić information content (AvgIpc) is 2.34. The highest BCUT2D eigenvalue weighted by atomic mass is 79.9. The highest BCUT2D eigenvalue weighted by Gasteiger charge is 2.27. The van der Waals surface area contributed by atoms with Crippen molar-refractivity contribution in [3.8, 4) is 0 Å². The van der Waals surface area contributed by atoms with Crippen molar-refractivity contribution < 1.29 is 13.2 Å². The number of nitrogens with zero attached hydrogens (tertiary/aromatic N) is 1. The van der Waals surface area contributed by atoms with Gasteiger partial charge >= 0.3 is 0 Å². The van der Waals surface area contributed by atoms with Crippen molar-refractivity contribution >= 4 is 31.9 Å². The minimum Gasteiger partial charge on any atom is -0.341 e. The van der Waals surface area contributed by atoms with Gasteiger partial charge in [-0.2, -0.15) is 0 Å².